The second kappa shape index (κ2) is 6.47. The van der Waals surface area contributed by atoms with Gasteiger partial charge in [-0.2, -0.15) is 0 Å². The van der Waals surface area contributed by atoms with Gasteiger partial charge in [-0.1, -0.05) is 18.2 Å². The van der Waals surface area contributed by atoms with Gasteiger partial charge in [-0.15, -0.1) is 0 Å². The number of hydrogen-bond acceptors (Lipinski definition) is 3. The molecule has 0 unspecified atom stereocenters. The zero-order valence-corrected chi connectivity index (χ0v) is 7.73. The third-order valence-electron chi connectivity index (χ3n) is 1.32. The summed E-state index contributed by atoms with van der Waals surface area (Å²) in [6.45, 7) is 1.87. The summed E-state index contributed by atoms with van der Waals surface area (Å²) in [5.41, 5.74) is 5.35. The van der Waals surface area contributed by atoms with Gasteiger partial charge in [-0.25, -0.2) is 4.79 Å². The van der Waals surface area contributed by atoms with E-state index in [1.807, 2.05) is 25.1 Å². The molecule has 0 saturated carbocycles. The van der Waals surface area contributed by atoms with Crippen LogP contribution in [0.3, 0.4) is 0 Å². The van der Waals surface area contributed by atoms with E-state index in [-0.39, 0.29) is 6.41 Å². The number of benzene rings is 1. The number of nitrogens with two attached hydrogens (primary N) is 1. The van der Waals surface area contributed by atoms with E-state index in [4.69, 9.17) is 5.11 Å². The number of imide groups is 1. The summed E-state index contributed by atoms with van der Waals surface area (Å²) in [5.74, 6) is 0.368. The number of urea groups is 1. The maximum atomic E-state index is 9.48. The van der Waals surface area contributed by atoms with Crippen LogP contribution in [0.1, 0.15) is 5.56 Å². The third-order valence-corrected chi connectivity index (χ3v) is 1.32. The molecule has 0 radical (unpaired) electrons. The van der Waals surface area contributed by atoms with Crippen LogP contribution in [0.4, 0.5) is 4.79 Å². The Morgan fingerprint density at radius 2 is 2.07 bits per heavy atom. The third kappa shape index (κ3) is 5.59. The van der Waals surface area contributed by atoms with Crippen molar-refractivity contribution in [1.29, 1.82) is 0 Å². The van der Waals surface area contributed by atoms with E-state index in [2.05, 4.69) is 5.73 Å². The fourth-order valence-corrected chi connectivity index (χ4v) is 0.621. The number of aromatic hydroxyl groups is 1. The Kier molecular flexibility index (Phi) is 5.53. The van der Waals surface area contributed by atoms with Gasteiger partial charge in [0.15, 0.2) is 0 Å². The van der Waals surface area contributed by atoms with E-state index in [0.29, 0.717) is 5.75 Å². The highest BCUT2D eigenvalue weighted by Crippen LogP contribution is 2.12. The van der Waals surface area contributed by atoms with E-state index < -0.39 is 6.03 Å². The molecule has 5 nitrogen and oxygen atoms in total. The quantitative estimate of drug-likeness (QED) is 0.571. The Hall–Kier alpha value is -2.04. The lowest BCUT2D eigenvalue weighted by atomic mass is 10.2. The molecular formula is C9H12N2O3. The smallest absolute Gasteiger partial charge is 0.318 e. The van der Waals surface area contributed by atoms with Gasteiger partial charge in [0.1, 0.15) is 5.75 Å². The Balaban J connectivity index is 0.000000255. The van der Waals surface area contributed by atoms with Gasteiger partial charge in [-0.3, -0.25) is 10.1 Å². The maximum Gasteiger partial charge on any atom is 0.318 e. The van der Waals surface area contributed by atoms with Crippen LogP contribution < -0.4 is 11.1 Å². The lowest BCUT2D eigenvalue weighted by Gasteiger charge is -1.92. The monoisotopic (exact) mass is 196 g/mol. The minimum absolute atomic E-state index is 0.225. The first-order chi connectivity index (χ1) is 6.57. The molecule has 1 aromatic rings. The molecule has 3 amide bonds. The summed E-state index contributed by atoms with van der Waals surface area (Å²) in [6, 6.07) is 6.42. The number of nitrogens with one attached hydrogen (secondary N) is 1. The number of carbonyl (C=O) groups excluding carboxylic acids is 2. The summed E-state index contributed by atoms with van der Waals surface area (Å²) in [7, 11) is 0. The predicted octanol–water partition coefficient (Wildman–Crippen LogP) is 0.512. The minimum Gasteiger partial charge on any atom is -0.508 e. The zero-order chi connectivity index (χ0) is 11.0. The van der Waals surface area contributed by atoms with Crippen molar-refractivity contribution in [2.24, 2.45) is 5.73 Å². The van der Waals surface area contributed by atoms with Crippen molar-refractivity contribution in [2.75, 3.05) is 0 Å². The Morgan fingerprint density at radius 1 is 1.50 bits per heavy atom. The maximum absolute atomic E-state index is 9.48. The molecule has 0 bridgehead atoms. The van der Waals surface area contributed by atoms with E-state index >= 15 is 0 Å². The second-order valence-electron chi connectivity index (χ2n) is 2.41. The van der Waals surface area contributed by atoms with Crippen LogP contribution >= 0.6 is 0 Å². The average Bonchev–Trinajstić information content (AvgIpc) is 2.11. The molecule has 0 spiro atoms. The first-order valence-electron chi connectivity index (χ1n) is 3.82. The standard InChI is InChI=1S/C7H8O.C2H4N2O2/c1-6-4-2-3-5-7(6)8;3-2(6)4-1-5/h2-5,8H,1H3;1H,(H3,3,4,5,6). The van der Waals surface area contributed by atoms with Crippen molar-refractivity contribution in [2.45, 2.75) is 6.92 Å². The highest BCUT2D eigenvalue weighted by Gasteiger charge is 1.87. The number of carbonyl (C=O) groups is 2. The van der Waals surface area contributed by atoms with Gasteiger partial charge < -0.3 is 10.8 Å². The Labute approximate surface area is 81.5 Å². The van der Waals surface area contributed by atoms with Crippen LogP contribution in [0.2, 0.25) is 0 Å². The number of amides is 3. The molecule has 0 aliphatic heterocycles. The van der Waals surface area contributed by atoms with Crippen molar-refractivity contribution >= 4 is 12.4 Å². The van der Waals surface area contributed by atoms with Gasteiger partial charge in [-0.05, 0) is 18.6 Å². The molecule has 0 aliphatic rings. The van der Waals surface area contributed by atoms with Gasteiger partial charge >= 0.3 is 6.03 Å². The average molecular weight is 196 g/mol. The molecule has 1 aromatic carbocycles. The molecule has 0 aliphatic carbocycles. The van der Waals surface area contributed by atoms with Crippen LogP contribution in [0.25, 0.3) is 0 Å². The van der Waals surface area contributed by atoms with E-state index in [1.165, 1.54) is 0 Å². The fourth-order valence-electron chi connectivity index (χ4n) is 0.621. The van der Waals surface area contributed by atoms with Crippen LogP contribution in [0.5, 0.6) is 5.75 Å². The molecule has 4 N–H and O–H groups in total. The van der Waals surface area contributed by atoms with Crippen molar-refractivity contribution in [3.63, 3.8) is 0 Å². The topological polar surface area (TPSA) is 92.4 Å². The molecule has 0 aromatic heterocycles. The number of rotatable bonds is 1. The predicted molar refractivity (Wildman–Crippen MR) is 51.6 cm³/mol. The highest BCUT2D eigenvalue weighted by atomic mass is 16.3. The Bertz CT molecular complexity index is 292. The minimum atomic E-state index is -0.829. The van der Waals surface area contributed by atoms with Crippen molar-refractivity contribution in [1.82, 2.24) is 5.32 Å². The normalized spacial score (nSPS) is 8.07. The van der Waals surface area contributed by atoms with Gasteiger partial charge in [0.2, 0.25) is 6.41 Å². The molecule has 0 atom stereocenters. The Morgan fingerprint density at radius 3 is 2.29 bits per heavy atom. The van der Waals surface area contributed by atoms with Gasteiger partial charge in [0, 0.05) is 0 Å². The summed E-state index contributed by atoms with van der Waals surface area (Å²) >= 11 is 0. The molecule has 5 heteroatoms. The number of phenols is 1. The van der Waals surface area contributed by atoms with E-state index in [9.17, 15) is 9.59 Å². The number of para-hydroxylation sites is 1. The number of primary amides is 1. The first kappa shape index (κ1) is 12.0. The van der Waals surface area contributed by atoms with Crippen molar-refractivity contribution in [3.8, 4) is 5.75 Å². The van der Waals surface area contributed by atoms with Crippen LogP contribution in [-0.2, 0) is 4.79 Å². The second-order valence-corrected chi connectivity index (χ2v) is 2.41. The molecule has 14 heavy (non-hydrogen) atoms. The largest absolute Gasteiger partial charge is 0.508 e. The van der Waals surface area contributed by atoms with Gasteiger partial charge in [0.05, 0.1) is 0 Å². The fraction of sp³-hybridized carbons (Fsp3) is 0.111. The number of aryl methyl sites for hydroxylation is 1. The van der Waals surface area contributed by atoms with Crippen LogP contribution in [-0.4, -0.2) is 17.5 Å². The molecule has 76 valence electrons. The molecule has 0 saturated heterocycles. The number of hydrogen-bond donors (Lipinski definition) is 3. The van der Waals surface area contributed by atoms with E-state index in [1.54, 1.807) is 11.4 Å². The van der Waals surface area contributed by atoms with Crippen LogP contribution in [0, 0.1) is 6.92 Å². The summed E-state index contributed by atoms with van der Waals surface area (Å²) in [4.78, 5) is 18.7. The van der Waals surface area contributed by atoms with E-state index in [0.717, 1.165) is 5.56 Å². The lowest BCUT2D eigenvalue weighted by molar-refractivity contribution is -0.108. The van der Waals surface area contributed by atoms with Crippen molar-refractivity contribution in [3.05, 3.63) is 29.8 Å². The number of phenolic OH excluding ortho intramolecular Hbond substituents is 1. The summed E-state index contributed by atoms with van der Waals surface area (Å²) < 4.78 is 0. The van der Waals surface area contributed by atoms with Crippen molar-refractivity contribution < 1.29 is 14.7 Å². The molecule has 1 rings (SSSR count). The highest BCUT2D eigenvalue weighted by molar-refractivity contribution is 5.82. The van der Waals surface area contributed by atoms with Crippen LogP contribution in [0.15, 0.2) is 24.3 Å². The SMILES string of the molecule is Cc1ccccc1O.NC(=O)NC=O. The molecular weight excluding hydrogens is 184 g/mol. The first-order valence-corrected chi connectivity index (χ1v) is 3.82. The zero-order valence-electron chi connectivity index (χ0n) is 7.73. The molecule has 0 fully saturated rings. The summed E-state index contributed by atoms with van der Waals surface area (Å²) in [6.07, 6.45) is 0.225. The lowest BCUT2D eigenvalue weighted by Crippen LogP contribution is -2.27. The summed E-state index contributed by atoms with van der Waals surface area (Å²) in [5, 5.41) is 10.6. The van der Waals surface area contributed by atoms with Gasteiger partial charge in [0.25, 0.3) is 0 Å². The molecule has 0 heterocycles.